The van der Waals surface area contributed by atoms with Crippen molar-refractivity contribution in [3.63, 3.8) is 0 Å². The first-order valence-corrected chi connectivity index (χ1v) is 6.09. The molecule has 6 heteroatoms. The van der Waals surface area contributed by atoms with E-state index in [1.807, 2.05) is 23.7 Å². The van der Waals surface area contributed by atoms with Gasteiger partial charge in [-0.15, -0.1) is 0 Å². The Balaban J connectivity index is 2.14. The van der Waals surface area contributed by atoms with Gasteiger partial charge in [0.15, 0.2) is 11.5 Å². The summed E-state index contributed by atoms with van der Waals surface area (Å²) in [5.41, 5.74) is 2.36. The van der Waals surface area contributed by atoms with Crippen molar-refractivity contribution >= 4 is 11.2 Å². The van der Waals surface area contributed by atoms with Crippen LogP contribution in [-0.2, 0) is 7.05 Å². The molecule has 1 aromatic carbocycles. The molecule has 2 heterocycles. The molecule has 3 rings (SSSR count). The van der Waals surface area contributed by atoms with Gasteiger partial charge >= 0.3 is 0 Å². The smallest absolute Gasteiger partial charge is 0.181 e. The minimum Gasteiger partial charge on any atom is -0.497 e. The number of methoxy groups -OCH3 is 2. The van der Waals surface area contributed by atoms with Crippen LogP contribution in [0.5, 0.6) is 11.5 Å². The summed E-state index contributed by atoms with van der Waals surface area (Å²) in [6.07, 6.45) is 3.47. The predicted molar refractivity (Wildman–Crippen MR) is 74.8 cm³/mol. The number of rotatable bonds is 3. The number of nitrogens with zero attached hydrogens (tertiary/aromatic N) is 4. The number of benzene rings is 1. The molecule has 0 atom stereocenters. The van der Waals surface area contributed by atoms with Crippen molar-refractivity contribution in [2.45, 2.75) is 0 Å². The Morgan fingerprint density at radius 3 is 2.70 bits per heavy atom. The van der Waals surface area contributed by atoms with Gasteiger partial charge in [-0.1, -0.05) is 0 Å². The highest BCUT2D eigenvalue weighted by atomic mass is 16.5. The molecular weight excluding hydrogens is 256 g/mol. The lowest BCUT2D eigenvalue weighted by Gasteiger charge is -2.09. The minimum absolute atomic E-state index is 0.579. The van der Waals surface area contributed by atoms with Gasteiger partial charge in [-0.3, -0.25) is 0 Å². The van der Waals surface area contributed by atoms with E-state index in [0.717, 1.165) is 16.8 Å². The van der Waals surface area contributed by atoms with E-state index < -0.39 is 0 Å². The summed E-state index contributed by atoms with van der Waals surface area (Å²) in [6.45, 7) is 0. The zero-order valence-corrected chi connectivity index (χ0v) is 11.5. The Kier molecular flexibility index (Phi) is 2.98. The lowest BCUT2D eigenvalue weighted by Crippen LogP contribution is -1.95. The number of ether oxygens (including phenoxy) is 2. The Morgan fingerprint density at radius 2 is 1.95 bits per heavy atom. The molecule has 0 saturated carbocycles. The predicted octanol–water partition coefficient (Wildman–Crippen LogP) is 2.05. The van der Waals surface area contributed by atoms with E-state index in [1.54, 1.807) is 32.8 Å². The molecule has 0 amide bonds. The normalized spacial score (nSPS) is 10.8. The third-order valence-corrected chi connectivity index (χ3v) is 3.13. The summed E-state index contributed by atoms with van der Waals surface area (Å²) in [4.78, 5) is 13.1. The maximum absolute atomic E-state index is 5.37. The van der Waals surface area contributed by atoms with Crippen LogP contribution in [0.1, 0.15) is 0 Å². The molecule has 2 aromatic heterocycles. The van der Waals surface area contributed by atoms with Crippen LogP contribution in [-0.4, -0.2) is 33.7 Å². The van der Waals surface area contributed by atoms with Crippen LogP contribution in [0.3, 0.4) is 0 Å². The lowest BCUT2D eigenvalue weighted by molar-refractivity contribution is 0.395. The van der Waals surface area contributed by atoms with E-state index in [4.69, 9.17) is 9.47 Å². The average Bonchev–Trinajstić information content (AvgIpc) is 2.87. The fraction of sp³-hybridized carbons (Fsp3) is 0.214. The highest BCUT2D eigenvalue weighted by Gasteiger charge is 2.12. The van der Waals surface area contributed by atoms with E-state index in [9.17, 15) is 0 Å². The van der Waals surface area contributed by atoms with Gasteiger partial charge in [-0.25, -0.2) is 15.0 Å². The van der Waals surface area contributed by atoms with E-state index in [1.165, 1.54) is 0 Å². The Bertz CT molecular complexity index is 767. The SMILES string of the molecule is COc1ccc(-c2ncc3c(ncn3C)n2)c(OC)c1. The Hall–Kier alpha value is -2.63. The maximum atomic E-state index is 5.37. The van der Waals surface area contributed by atoms with Gasteiger partial charge in [0.2, 0.25) is 0 Å². The molecule has 20 heavy (non-hydrogen) atoms. The second-order valence-corrected chi connectivity index (χ2v) is 4.32. The topological polar surface area (TPSA) is 62.1 Å². The number of imidazole rings is 1. The molecule has 0 aliphatic rings. The first-order valence-electron chi connectivity index (χ1n) is 6.09. The zero-order chi connectivity index (χ0) is 14.1. The van der Waals surface area contributed by atoms with Gasteiger partial charge in [0.25, 0.3) is 0 Å². The minimum atomic E-state index is 0.579. The van der Waals surface area contributed by atoms with Crippen LogP contribution < -0.4 is 9.47 Å². The third kappa shape index (κ3) is 1.95. The molecule has 0 aliphatic heterocycles. The first-order chi connectivity index (χ1) is 9.72. The van der Waals surface area contributed by atoms with Crippen LogP contribution in [0.2, 0.25) is 0 Å². The van der Waals surface area contributed by atoms with Crippen LogP contribution in [0.4, 0.5) is 0 Å². The Labute approximate surface area is 116 Å². The average molecular weight is 270 g/mol. The number of aryl methyl sites for hydroxylation is 1. The quantitative estimate of drug-likeness (QED) is 0.729. The number of hydrogen-bond acceptors (Lipinski definition) is 5. The van der Waals surface area contributed by atoms with E-state index in [2.05, 4.69) is 15.0 Å². The molecule has 0 spiro atoms. The van der Waals surface area contributed by atoms with Gasteiger partial charge < -0.3 is 14.0 Å². The number of fused-ring (bicyclic) bond motifs is 1. The summed E-state index contributed by atoms with van der Waals surface area (Å²) in [5.74, 6) is 1.97. The van der Waals surface area contributed by atoms with Crippen LogP contribution in [0.15, 0.2) is 30.7 Å². The van der Waals surface area contributed by atoms with Gasteiger partial charge in [0.1, 0.15) is 17.0 Å². The zero-order valence-electron chi connectivity index (χ0n) is 11.5. The van der Waals surface area contributed by atoms with Gasteiger partial charge in [0, 0.05) is 13.1 Å². The van der Waals surface area contributed by atoms with Crippen molar-refractivity contribution in [2.75, 3.05) is 14.2 Å². The summed E-state index contributed by atoms with van der Waals surface area (Å²) in [6, 6.07) is 5.53. The molecule has 0 aliphatic carbocycles. The molecule has 102 valence electrons. The van der Waals surface area contributed by atoms with E-state index in [-0.39, 0.29) is 0 Å². The molecule has 6 nitrogen and oxygen atoms in total. The molecule has 0 radical (unpaired) electrons. The van der Waals surface area contributed by atoms with Gasteiger partial charge in [0.05, 0.1) is 32.3 Å². The summed E-state index contributed by atoms with van der Waals surface area (Å²) >= 11 is 0. The second kappa shape index (κ2) is 4.80. The molecule has 0 unspecified atom stereocenters. The Morgan fingerprint density at radius 1 is 1.10 bits per heavy atom. The van der Waals surface area contributed by atoms with Crippen LogP contribution >= 0.6 is 0 Å². The van der Waals surface area contributed by atoms with Crippen molar-refractivity contribution in [2.24, 2.45) is 7.05 Å². The summed E-state index contributed by atoms with van der Waals surface area (Å²) < 4.78 is 12.4. The second-order valence-electron chi connectivity index (χ2n) is 4.32. The fourth-order valence-electron chi connectivity index (χ4n) is 2.03. The monoisotopic (exact) mass is 270 g/mol. The number of hydrogen-bond donors (Lipinski definition) is 0. The van der Waals surface area contributed by atoms with Crippen molar-refractivity contribution < 1.29 is 9.47 Å². The third-order valence-electron chi connectivity index (χ3n) is 3.13. The lowest BCUT2D eigenvalue weighted by atomic mass is 10.1. The molecular formula is C14H14N4O2. The van der Waals surface area contributed by atoms with Crippen molar-refractivity contribution in [3.8, 4) is 22.9 Å². The summed E-state index contributed by atoms with van der Waals surface area (Å²) in [7, 11) is 5.13. The van der Waals surface area contributed by atoms with Crippen molar-refractivity contribution in [3.05, 3.63) is 30.7 Å². The van der Waals surface area contributed by atoms with E-state index in [0.29, 0.717) is 17.2 Å². The van der Waals surface area contributed by atoms with Crippen LogP contribution in [0.25, 0.3) is 22.6 Å². The maximum Gasteiger partial charge on any atom is 0.181 e. The standard InChI is InChI=1S/C14H14N4O2/c1-18-8-16-14-11(18)7-15-13(17-14)10-5-4-9(19-2)6-12(10)20-3/h4-8H,1-3H3. The van der Waals surface area contributed by atoms with Crippen LogP contribution in [0, 0.1) is 0 Å². The highest BCUT2D eigenvalue weighted by molar-refractivity contribution is 5.74. The van der Waals surface area contributed by atoms with Crippen molar-refractivity contribution in [1.82, 2.24) is 19.5 Å². The van der Waals surface area contributed by atoms with Crippen molar-refractivity contribution in [1.29, 1.82) is 0 Å². The molecule has 0 N–H and O–H groups in total. The first kappa shape index (κ1) is 12.4. The van der Waals surface area contributed by atoms with Gasteiger partial charge in [-0.05, 0) is 12.1 Å². The molecule has 3 aromatic rings. The largest absolute Gasteiger partial charge is 0.497 e. The highest BCUT2D eigenvalue weighted by Crippen LogP contribution is 2.31. The van der Waals surface area contributed by atoms with Gasteiger partial charge in [-0.2, -0.15) is 0 Å². The molecule has 0 fully saturated rings. The number of aromatic nitrogens is 4. The molecule has 0 bridgehead atoms. The summed E-state index contributed by atoms with van der Waals surface area (Å²) in [5, 5.41) is 0. The molecule has 0 saturated heterocycles. The van der Waals surface area contributed by atoms with E-state index >= 15 is 0 Å². The fourth-order valence-corrected chi connectivity index (χ4v) is 2.03.